The highest BCUT2D eigenvalue weighted by Gasteiger charge is 2.16. The molecule has 3 aromatic rings. The summed E-state index contributed by atoms with van der Waals surface area (Å²) in [6.45, 7) is 1.96. The number of nitrogens with two attached hydrogens (primary N) is 1. The van der Waals surface area contributed by atoms with Gasteiger partial charge in [0.2, 0.25) is 0 Å². The second-order valence-corrected chi connectivity index (χ2v) is 7.69. The Balaban J connectivity index is 2.16. The average molecular weight is 371 g/mol. The standard InChI is InChI=1S/C18H17N3O4S/c1-3-25-18(22)14-10-20-17(19)16-13(14)7-8-15(21-16)11-5-4-6-12(9-11)26(2,23)24/h4-10H,3H2,1-2H3,(H2,19,20). The molecule has 8 heteroatoms. The van der Waals surface area contributed by atoms with Gasteiger partial charge in [0, 0.05) is 23.4 Å². The number of carbonyl (C=O) groups excluding carboxylic acids is 1. The summed E-state index contributed by atoms with van der Waals surface area (Å²) < 4.78 is 28.6. The molecular weight excluding hydrogens is 354 g/mol. The predicted octanol–water partition coefficient (Wildman–Crippen LogP) is 2.46. The van der Waals surface area contributed by atoms with E-state index in [2.05, 4.69) is 9.97 Å². The number of hydrogen-bond donors (Lipinski definition) is 1. The molecule has 0 aliphatic carbocycles. The number of sulfone groups is 1. The number of carbonyl (C=O) groups is 1. The predicted molar refractivity (Wildman–Crippen MR) is 98.5 cm³/mol. The maximum absolute atomic E-state index is 12.1. The van der Waals surface area contributed by atoms with Crippen LogP contribution in [0.4, 0.5) is 5.82 Å². The molecule has 2 N–H and O–H groups in total. The molecule has 0 radical (unpaired) electrons. The first-order valence-electron chi connectivity index (χ1n) is 7.84. The van der Waals surface area contributed by atoms with Crippen molar-refractivity contribution in [2.75, 3.05) is 18.6 Å². The van der Waals surface area contributed by atoms with Gasteiger partial charge in [-0.05, 0) is 31.2 Å². The molecule has 2 heterocycles. The van der Waals surface area contributed by atoms with Gasteiger partial charge in [-0.15, -0.1) is 0 Å². The first-order valence-corrected chi connectivity index (χ1v) is 9.73. The number of benzene rings is 1. The van der Waals surface area contributed by atoms with Crippen molar-refractivity contribution in [3.05, 3.63) is 48.2 Å². The van der Waals surface area contributed by atoms with Crippen LogP contribution in [0.1, 0.15) is 17.3 Å². The molecular formula is C18H17N3O4S. The highest BCUT2D eigenvalue weighted by molar-refractivity contribution is 7.90. The minimum atomic E-state index is -3.33. The van der Waals surface area contributed by atoms with Crippen molar-refractivity contribution in [3.63, 3.8) is 0 Å². The van der Waals surface area contributed by atoms with Crippen LogP contribution in [-0.2, 0) is 14.6 Å². The zero-order valence-corrected chi connectivity index (χ0v) is 15.1. The van der Waals surface area contributed by atoms with Crippen LogP contribution in [-0.4, -0.2) is 37.2 Å². The molecule has 0 atom stereocenters. The van der Waals surface area contributed by atoms with E-state index in [1.165, 1.54) is 12.3 Å². The molecule has 0 aliphatic rings. The molecule has 1 aromatic carbocycles. The Morgan fingerprint density at radius 1 is 1.23 bits per heavy atom. The zero-order chi connectivity index (χ0) is 18.9. The van der Waals surface area contributed by atoms with Crippen molar-refractivity contribution in [3.8, 4) is 11.3 Å². The first kappa shape index (κ1) is 17.8. The number of anilines is 1. The van der Waals surface area contributed by atoms with Crippen LogP contribution in [0.5, 0.6) is 0 Å². The van der Waals surface area contributed by atoms with Crippen molar-refractivity contribution < 1.29 is 17.9 Å². The number of esters is 1. The van der Waals surface area contributed by atoms with Crippen LogP contribution in [0.15, 0.2) is 47.5 Å². The topological polar surface area (TPSA) is 112 Å². The van der Waals surface area contributed by atoms with E-state index in [0.29, 0.717) is 22.2 Å². The number of nitrogens with zero attached hydrogens (tertiary/aromatic N) is 2. The van der Waals surface area contributed by atoms with Crippen molar-refractivity contribution in [1.82, 2.24) is 9.97 Å². The molecule has 7 nitrogen and oxygen atoms in total. The lowest BCUT2D eigenvalue weighted by molar-refractivity contribution is 0.0528. The summed E-state index contributed by atoms with van der Waals surface area (Å²) in [5.41, 5.74) is 7.71. The molecule has 0 bridgehead atoms. The lowest BCUT2D eigenvalue weighted by Crippen LogP contribution is -2.08. The number of rotatable bonds is 4. The van der Waals surface area contributed by atoms with Crippen LogP contribution in [0, 0.1) is 0 Å². The van der Waals surface area contributed by atoms with Crippen LogP contribution in [0.3, 0.4) is 0 Å². The van der Waals surface area contributed by atoms with Gasteiger partial charge >= 0.3 is 5.97 Å². The quantitative estimate of drug-likeness (QED) is 0.701. The van der Waals surface area contributed by atoms with Gasteiger partial charge in [-0.1, -0.05) is 12.1 Å². The first-order chi connectivity index (χ1) is 12.3. The summed E-state index contributed by atoms with van der Waals surface area (Å²) in [4.78, 5) is 20.8. The number of nitrogen functional groups attached to an aromatic ring is 1. The van der Waals surface area contributed by atoms with Gasteiger partial charge in [-0.25, -0.2) is 23.2 Å². The molecule has 0 saturated carbocycles. The molecule has 0 fully saturated rings. The number of hydrogen-bond acceptors (Lipinski definition) is 7. The third kappa shape index (κ3) is 3.36. The number of fused-ring (bicyclic) bond motifs is 1. The van der Waals surface area contributed by atoms with Gasteiger partial charge < -0.3 is 10.5 Å². The maximum Gasteiger partial charge on any atom is 0.340 e. The average Bonchev–Trinajstić information content (AvgIpc) is 2.61. The van der Waals surface area contributed by atoms with E-state index in [4.69, 9.17) is 10.5 Å². The van der Waals surface area contributed by atoms with E-state index in [-0.39, 0.29) is 22.9 Å². The maximum atomic E-state index is 12.1. The monoisotopic (exact) mass is 371 g/mol. The van der Waals surface area contributed by atoms with Crippen LogP contribution < -0.4 is 5.73 Å². The fourth-order valence-electron chi connectivity index (χ4n) is 2.55. The molecule has 0 unspecified atom stereocenters. The summed E-state index contributed by atoms with van der Waals surface area (Å²) in [5.74, 6) is -0.326. The van der Waals surface area contributed by atoms with E-state index < -0.39 is 15.8 Å². The SMILES string of the molecule is CCOC(=O)c1cnc(N)c2nc(-c3cccc(S(C)(=O)=O)c3)ccc12. The summed E-state index contributed by atoms with van der Waals surface area (Å²) in [7, 11) is -3.33. The second-order valence-electron chi connectivity index (χ2n) is 5.67. The Morgan fingerprint density at radius 3 is 2.69 bits per heavy atom. The van der Waals surface area contributed by atoms with Crippen molar-refractivity contribution >= 4 is 32.5 Å². The highest BCUT2D eigenvalue weighted by atomic mass is 32.2. The molecule has 0 saturated heterocycles. The summed E-state index contributed by atoms with van der Waals surface area (Å²) >= 11 is 0. The lowest BCUT2D eigenvalue weighted by Gasteiger charge is -2.09. The Hall–Kier alpha value is -3.00. The molecule has 3 rings (SSSR count). The molecule has 0 amide bonds. The van der Waals surface area contributed by atoms with Crippen LogP contribution in [0.25, 0.3) is 22.2 Å². The minimum Gasteiger partial charge on any atom is -0.462 e. The third-order valence-corrected chi connectivity index (χ3v) is 4.92. The van der Waals surface area contributed by atoms with Gasteiger partial charge in [0.1, 0.15) is 11.3 Å². The van der Waals surface area contributed by atoms with Gasteiger partial charge in [0.15, 0.2) is 9.84 Å². The van der Waals surface area contributed by atoms with Crippen molar-refractivity contribution in [1.29, 1.82) is 0 Å². The fraction of sp³-hybridized carbons (Fsp3) is 0.167. The van der Waals surface area contributed by atoms with E-state index in [9.17, 15) is 13.2 Å². The normalized spacial score (nSPS) is 11.5. The van der Waals surface area contributed by atoms with Crippen molar-refractivity contribution in [2.24, 2.45) is 0 Å². The molecule has 0 aliphatic heterocycles. The Kier molecular flexibility index (Phi) is 4.60. The number of aromatic nitrogens is 2. The van der Waals surface area contributed by atoms with E-state index in [1.807, 2.05) is 0 Å². The van der Waals surface area contributed by atoms with Crippen LogP contribution >= 0.6 is 0 Å². The second kappa shape index (κ2) is 6.72. The number of ether oxygens (including phenoxy) is 1. The summed E-state index contributed by atoms with van der Waals surface area (Å²) in [6.07, 6.45) is 2.51. The third-order valence-electron chi connectivity index (χ3n) is 3.81. The van der Waals surface area contributed by atoms with Crippen LogP contribution in [0.2, 0.25) is 0 Å². The van der Waals surface area contributed by atoms with E-state index >= 15 is 0 Å². The van der Waals surface area contributed by atoms with Crippen molar-refractivity contribution in [2.45, 2.75) is 11.8 Å². The Morgan fingerprint density at radius 2 is 2.00 bits per heavy atom. The molecule has 134 valence electrons. The van der Waals surface area contributed by atoms with E-state index in [1.54, 1.807) is 37.3 Å². The molecule has 26 heavy (non-hydrogen) atoms. The Labute approximate surface area is 150 Å². The lowest BCUT2D eigenvalue weighted by atomic mass is 10.1. The molecule has 0 spiro atoms. The molecule has 2 aromatic heterocycles. The van der Waals surface area contributed by atoms with E-state index in [0.717, 1.165) is 6.26 Å². The Bertz CT molecular complexity index is 1110. The summed E-state index contributed by atoms with van der Waals surface area (Å²) in [6, 6.07) is 9.87. The zero-order valence-electron chi connectivity index (χ0n) is 14.3. The number of pyridine rings is 2. The van der Waals surface area contributed by atoms with Gasteiger partial charge in [-0.2, -0.15) is 0 Å². The highest BCUT2D eigenvalue weighted by Crippen LogP contribution is 2.27. The van der Waals surface area contributed by atoms with Gasteiger partial charge in [0.25, 0.3) is 0 Å². The smallest absolute Gasteiger partial charge is 0.340 e. The minimum absolute atomic E-state index is 0.175. The van der Waals surface area contributed by atoms with Gasteiger partial charge in [0.05, 0.1) is 22.8 Å². The largest absolute Gasteiger partial charge is 0.462 e. The summed E-state index contributed by atoms with van der Waals surface area (Å²) in [5, 5.41) is 0.527. The fourth-order valence-corrected chi connectivity index (χ4v) is 3.22. The van der Waals surface area contributed by atoms with Gasteiger partial charge in [-0.3, -0.25) is 0 Å².